The van der Waals surface area contributed by atoms with Crippen molar-refractivity contribution >= 4 is 22.2 Å². The van der Waals surface area contributed by atoms with Crippen molar-refractivity contribution in [3.05, 3.63) is 96.7 Å². The van der Waals surface area contributed by atoms with E-state index in [2.05, 4.69) is 24.6 Å². The Kier molecular flexibility index (Phi) is 12.2. The van der Waals surface area contributed by atoms with Gasteiger partial charge in [-0.25, -0.2) is 13.4 Å². The van der Waals surface area contributed by atoms with Gasteiger partial charge in [-0.2, -0.15) is 4.33 Å². The number of nitrogens with zero attached hydrogens (tertiary/aromatic N) is 4. The van der Waals surface area contributed by atoms with Crippen molar-refractivity contribution < 1.29 is 86.7 Å². The van der Waals surface area contributed by atoms with Crippen LogP contribution < -0.4 is 64.4 Å². The molecule has 10 nitrogen and oxygen atoms in total. The maximum atomic E-state index is 11.4. The molecule has 0 radical (unpaired) electrons. The molecule has 3 aromatic carbocycles. The van der Waals surface area contributed by atoms with Crippen LogP contribution in [0.2, 0.25) is 0 Å². The van der Waals surface area contributed by atoms with Crippen molar-refractivity contribution in [2.45, 2.75) is 16.7 Å². The molecule has 0 saturated heterocycles. The smallest absolute Gasteiger partial charge is 0.744 e. The predicted molar refractivity (Wildman–Crippen MR) is 140 cm³/mol. The van der Waals surface area contributed by atoms with E-state index in [4.69, 9.17) is 4.98 Å². The van der Waals surface area contributed by atoms with Gasteiger partial charge in [-0.15, -0.1) is 10.2 Å². The first-order valence-corrected chi connectivity index (χ1v) is 13.5. The van der Waals surface area contributed by atoms with Crippen LogP contribution in [0, 0.1) is 6.92 Å². The summed E-state index contributed by atoms with van der Waals surface area (Å²) < 4.78 is 38.6. The van der Waals surface area contributed by atoms with E-state index in [1.54, 1.807) is 18.3 Å². The molecule has 0 spiro atoms. The van der Waals surface area contributed by atoms with Gasteiger partial charge in [-0.1, -0.05) is 54.1 Å². The van der Waals surface area contributed by atoms with Gasteiger partial charge in [0.1, 0.15) is 27.2 Å². The number of hydrogen-bond acceptors (Lipinski definition) is 11. The molecule has 0 N–H and O–H groups in total. The molecular weight excluding hydrogens is 586 g/mol. The summed E-state index contributed by atoms with van der Waals surface area (Å²) in [5.41, 5.74) is 5.54. The molecule has 0 aliphatic rings. The van der Waals surface area contributed by atoms with Crippen LogP contribution in [0.25, 0.3) is 45.2 Å². The fourth-order valence-electron chi connectivity index (χ4n) is 3.81. The van der Waals surface area contributed by atoms with Gasteiger partial charge >= 0.3 is 59.1 Å². The molecule has 0 atom stereocenters. The standard InChI is InChI=1S/C27H20N4O6S2.2Na/c1-17-2-4-20(5-3-17)26-25(19-8-12-23(13-9-19)39(33,34)35)29-27(31-30-26)24-16-21(14-15-28-24)18-6-10-22(11-7-18)38-37-36-32;;/h2-16,32H,1H3,(H,33,34,35);;/q;2*+1/p-2. The van der Waals surface area contributed by atoms with E-state index >= 15 is 0 Å². The van der Waals surface area contributed by atoms with Gasteiger partial charge in [-0.3, -0.25) is 10.0 Å². The molecule has 196 valence electrons. The van der Waals surface area contributed by atoms with E-state index in [0.717, 1.165) is 34.3 Å². The van der Waals surface area contributed by atoms with Crippen molar-refractivity contribution in [2.75, 3.05) is 0 Å². The predicted octanol–water partition coefficient (Wildman–Crippen LogP) is -1.61. The Morgan fingerprint density at radius 3 is 2.00 bits per heavy atom. The van der Waals surface area contributed by atoms with Crippen molar-refractivity contribution in [1.29, 1.82) is 0 Å². The molecule has 2 heterocycles. The van der Waals surface area contributed by atoms with Crippen LogP contribution in [-0.4, -0.2) is 33.1 Å². The monoisotopic (exact) mass is 604 g/mol. The average molecular weight is 605 g/mol. The molecule has 0 aliphatic heterocycles. The first-order chi connectivity index (χ1) is 18.8. The molecule has 5 rings (SSSR count). The van der Waals surface area contributed by atoms with Crippen LogP contribution in [0.1, 0.15) is 5.56 Å². The second-order valence-electron chi connectivity index (χ2n) is 8.35. The second kappa shape index (κ2) is 14.9. The molecule has 0 bridgehead atoms. The molecular formula is C27H18N4Na2O6S2. The Balaban J connectivity index is 0.00000231. The van der Waals surface area contributed by atoms with Crippen molar-refractivity contribution in [2.24, 2.45) is 0 Å². The molecule has 0 amide bonds. The SMILES string of the molecule is Cc1ccc(-c2nnc(-c3cc(-c4ccc(SOO[O-])cc4)ccn3)nc2-c2ccc(S(=O)(=O)[O-])cc2)cc1.[Na+].[Na+]. The minimum atomic E-state index is -4.60. The van der Waals surface area contributed by atoms with Crippen molar-refractivity contribution in [3.8, 4) is 45.2 Å². The third-order valence-corrected chi connectivity index (χ3v) is 7.20. The largest absolute Gasteiger partial charge is 1.00 e. The fraction of sp³-hybridized carbons (Fsp3) is 0.0370. The minimum absolute atomic E-state index is 0. The normalized spacial score (nSPS) is 10.9. The maximum absolute atomic E-state index is 11.4. The fourth-order valence-corrected chi connectivity index (χ4v) is 4.63. The summed E-state index contributed by atoms with van der Waals surface area (Å²) >= 11 is 0.800. The van der Waals surface area contributed by atoms with Crippen LogP contribution in [0.4, 0.5) is 0 Å². The van der Waals surface area contributed by atoms with Crippen LogP contribution in [0.3, 0.4) is 0 Å². The summed E-state index contributed by atoms with van der Waals surface area (Å²) in [6.45, 7) is 1.97. The molecule has 5 aromatic rings. The first kappa shape index (κ1) is 33.5. The summed E-state index contributed by atoms with van der Waals surface area (Å²) in [7, 11) is -4.60. The molecule has 0 aliphatic carbocycles. The van der Waals surface area contributed by atoms with Gasteiger partial charge in [0.25, 0.3) is 0 Å². The van der Waals surface area contributed by atoms with Crippen molar-refractivity contribution in [1.82, 2.24) is 20.2 Å². The molecule has 41 heavy (non-hydrogen) atoms. The van der Waals surface area contributed by atoms with Gasteiger partial charge in [0, 0.05) is 22.2 Å². The second-order valence-corrected chi connectivity index (χ2v) is 10.5. The topological polar surface area (TPSA) is 150 Å². The number of aryl methyl sites for hydroxylation is 1. The number of benzene rings is 3. The molecule has 0 unspecified atom stereocenters. The number of aromatic nitrogens is 4. The van der Waals surface area contributed by atoms with Crippen LogP contribution in [0.5, 0.6) is 0 Å². The van der Waals surface area contributed by atoms with Crippen LogP contribution in [0.15, 0.2) is 101 Å². The first-order valence-electron chi connectivity index (χ1n) is 11.4. The van der Waals surface area contributed by atoms with Crippen molar-refractivity contribution in [3.63, 3.8) is 0 Å². The average Bonchev–Trinajstić information content (AvgIpc) is 2.96. The summed E-state index contributed by atoms with van der Waals surface area (Å²) in [4.78, 5) is 9.53. The van der Waals surface area contributed by atoms with Gasteiger partial charge in [-0.05, 0) is 54.4 Å². The Labute approximate surface area is 285 Å². The molecule has 14 heteroatoms. The summed E-state index contributed by atoms with van der Waals surface area (Å²) in [6.07, 6.45) is 1.63. The third-order valence-electron chi connectivity index (χ3n) is 5.76. The zero-order chi connectivity index (χ0) is 27.4. The summed E-state index contributed by atoms with van der Waals surface area (Å²) in [5, 5.41) is 22.2. The molecule has 0 fully saturated rings. The van der Waals surface area contributed by atoms with E-state index in [0.29, 0.717) is 27.5 Å². The maximum Gasteiger partial charge on any atom is 1.00 e. The Morgan fingerprint density at radius 2 is 1.37 bits per heavy atom. The van der Waals surface area contributed by atoms with E-state index < -0.39 is 10.1 Å². The van der Waals surface area contributed by atoms with Gasteiger partial charge in [0.15, 0.2) is 0 Å². The summed E-state index contributed by atoms with van der Waals surface area (Å²) in [5.74, 6) is 0.261. The minimum Gasteiger partial charge on any atom is -0.744 e. The summed E-state index contributed by atoms with van der Waals surface area (Å²) in [6, 6.07) is 24.1. The van der Waals surface area contributed by atoms with Crippen LogP contribution >= 0.6 is 12.0 Å². The third kappa shape index (κ3) is 8.29. The quantitative estimate of drug-likeness (QED) is 0.0662. The zero-order valence-corrected chi connectivity index (χ0v) is 27.8. The van der Waals surface area contributed by atoms with E-state index in [9.17, 15) is 18.2 Å². The van der Waals surface area contributed by atoms with E-state index in [-0.39, 0.29) is 69.8 Å². The van der Waals surface area contributed by atoms with Gasteiger partial charge in [0.2, 0.25) is 5.82 Å². The number of rotatable bonds is 8. The molecule has 2 aromatic heterocycles. The number of hydrogen-bond donors (Lipinski definition) is 0. The number of pyridine rings is 1. The Hall–Kier alpha value is -2.04. The zero-order valence-electron chi connectivity index (χ0n) is 22.2. The van der Waals surface area contributed by atoms with Gasteiger partial charge in [0.05, 0.1) is 16.9 Å². The van der Waals surface area contributed by atoms with Gasteiger partial charge < -0.3 is 9.81 Å². The Bertz CT molecular complexity index is 1730. The van der Waals surface area contributed by atoms with E-state index in [1.807, 2.05) is 55.5 Å². The van der Waals surface area contributed by atoms with E-state index in [1.165, 1.54) is 24.3 Å². The van der Waals surface area contributed by atoms with Crippen LogP contribution in [-0.2, 0) is 19.5 Å². The molecule has 0 saturated carbocycles. The Morgan fingerprint density at radius 1 is 0.756 bits per heavy atom.